The summed E-state index contributed by atoms with van der Waals surface area (Å²) in [6.07, 6.45) is 0. The normalized spacial score (nSPS) is 10.6. The maximum atomic E-state index is 5.96. The number of anilines is 1. The molecule has 0 fully saturated rings. The Balaban J connectivity index is 2.02. The van der Waals surface area contributed by atoms with Gasteiger partial charge in [-0.3, -0.25) is 0 Å². The number of nitrogens with two attached hydrogens (primary N) is 1. The molecule has 0 atom stereocenters. The number of methoxy groups -OCH3 is 1. The Kier molecular flexibility index (Phi) is 3.50. The van der Waals surface area contributed by atoms with Gasteiger partial charge >= 0.3 is 0 Å². The van der Waals surface area contributed by atoms with Gasteiger partial charge in [-0.1, -0.05) is 28.9 Å². The first-order valence-electron chi connectivity index (χ1n) is 6.21. The zero-order valence-electron chi connectivity index (χ0n) is 11.2. The summed E-state index contributed by atoms with van der Waals surface area (Å²) >= 11 is 5.96. The standard InChI is InChI=1S/C15H12ClN3O2/c1-20-13-8-11(17)5-6-12(13)15-18-14(19-21-15)9-3-2-4-10(16)7-9/h2-8H,17H2,1H3. The van der Waals surface area contributed by atoms with Crippen LogP contribution in [0.4, 0.5) is 5.69 Å². The highest BCUT2D eigenvalue weighted by Crippen LogP contribution is 2.32. The van der Waals surface area contributed by atoms with Crippen LogP contribution in [0.1, 0.15) is 0 Å². The number of hydrogen-bond donors (Lipinski definition) is 1. The number of ether oxygens (including phenoxy) is 1. The molecule has 3 rings (SSSR count). The van der Waals surface area contributed by atoms with E-state index >= 15 is 0 Å². The van der Waals surface area contributed by atoms with Crippen molar-refractivity contribution in [3.05, 3.63) is 47.5 Å². The zero-order valence-corrected chi connectivity index (χ0v) is 12.0. The first kappa shape index (κ1) is 13.5. The predicted molar refractivity (Wildman–Crippen MR) is 81.1 cm³/mol. The van der Waals surface area contributed by atoms with Gasteiger partial charge in [0.25, 0.3) is 5.89 Å². The number of nitrogen functional groups attached to an aromatic ring is 1. The predicted octanol–water partition coefficient (Wildman–Crippen LogP) is 3.65. The second-order valence-corrected chi connectivity index (χ2v) is 4.83. The molecule has 0 unspecified atom stereocenters. The highest BCUT2D eigenvalue weighted by atomic mass is 35.5. The molecule has 0 aliphatic carbocycles. The van der Waals surface area contributed by atoms with Gasteiger partial charge in [0.15, 0.2) is 0 Å². The number of benzene rings is 2. The van der Waals surface area contributed by atoms with E-state index in [1.165, 1.54) is 0 Å². The Morgan fingerprint density at radius 1 is 1.19 bits per heavy atom. The van der Waals surface area contributed by atoms with Crippen LogP contribution in [-0.2, 0) is 0 Å². The first-order chi connectivity index (χ1) is 10.2. The Bertz CT molecular complexity index is 786. The monoisotopic (exact) mass is 301 g/mol. The summed E-state index contributed by atoms with van der Waals surface area (Å²) in [5.74, 6) is 1.41. The van der Waals surface area contributed by atoms with E-state index in [0.29, 0.717) is 33.7 Å². The lowest BCUT2D eigenvalue weighted by Gasteiger charge is -2.05. The summed E-state index contributed by atoms with van der Waals surface area (Å²) in [5.41, 5.74) is 7.81. The van der Waals surface area contributed by atoms with Crippen molar-refractivity contribution in [3.63, 3.8) is 0 Å². The van der Waals surface area contributed by atoms with Gasteiger partial charge in [0.2, 0.25) is 5.82 Å². The van der Waals surface area contributed by atoms with Crippen LogP contribution in [0.25, 0.3) is 22.8 Å². The first-order valence-corrected chi connectivity index (χ1v) is 6.58. The fourth-order valence-corrected chi connectivity index (χ4v) is 2.15. The average molecular weight is 302 g/mol. The van der Waals surface area contributed by atoms with Crippen molar-refractivity contribution in [1.82, 2.24) is 10.1 Å². The second-order valence-electron chi connectivity index (χ2n) is 4.39. The molecule has 21 heavy (non-hydrogen) atoms. The Morgan fingerprint density at radius 2 is 2.05 bits per heavy atom. The van der Waals surface area contributed by atoms with Crippen LogP contribution in [0.3, 0.4) is 0 Å². The molecule has 1 aromatic heterocycles. The van der Waals surface area contributed by atoms with E-state index in [2.05, 4.69) is 10.1 Å². The maximum absolute atomic E-state index is 5.96. The quantitative estimate of drug-likeness (QED) is 0.747. The molecule has 6 heteroatoms. The van der Waals surface area contributed by atoms with Crippen LogP contribution in [0.5, 0.6) is 5.75 Å². The Morgan fingerprint density at radius 3 is 2.81 bits per heavy atom. The van der Waals surface area contributed by atoms with E-state index in [-0.39, 0.29) is 0 Å². The van der Waals surface area contributed by atoms with Gasteiger partial charge in [-0.05, 0) is 24.3 Å². The van der Waals surface area contributed by atoms with Crippen LogP contribution < -0.4 is 10.5 Å². The van der Waals surface area contributed by atoms with E-state index in [0.717, 1.165) is 5.56 Å². The lowest BCUT2D eigenvalue weighted by Crippen LogP contribution is -1.91. The van der Waals surface area contributed by atoms with E-state index in [1.54, 1.807) is 37.4 Å². The fourth-order valence-electron chi connectivity index (χ4n) is 1.96. The zero-order chi connectivity index (χ0) is 14.8. The number of nitrogens with zero attached hydrogens (tertiary/aromatic N) is 2. The van der Waals surface area contributed by atoms with E-state index in [9.17, 15) is 0 Å². The molecule has 0 amide bonds. The third-order valence-corrected chi connectivity index (χ3v) is 3.20. The third-order valence-electron chi connectivity index (χ3n) is 2.96. The van der Waals surface area contributed by atoms with Gasteiger partial charge in [-0.2, -0.15) is 4.98 Å². The van der Waals surface area contributed by atoms with E-state index in [1.807, 2.05) is 12.1 Å². The summed E-state index contributed by atoms with van der Waals surface area (Å²) < 4.78 is 10.6. The molecular formula is C15H12ClN3O2. The Hall–Kier alpha value is -2.53. The summed E-state index contributed by atoms with van der Waals surface area (Å²) in [7, 11) is 1.56. The van der Waals surface area contributed by atoms with Crippen molar-refractivity contribution in [1.29, 1.82) is 0 Å². The molecule has 3 aromatic rings. The van der Waals surface area contributed by atoms with Gasteiger partial charge in [0.1, 0.15) is 5.75 Å². The minimum absolute atomic E-state index is 0.363. The van der Waals surface area contributed by atoms with Crippen molar-refractivity contribution in [2.45, 2.75) is 0 Å². The minimum atomic E-state index is 0.363. The van der Waals surface area contributed by atoms with Crippen LogP contribution in [0.15, 0.2) is 47.0 Å². The van der Waals surface area contributed by atoms with E-state index < -0.39 is 0 Å². The fraction of sp³-hybridized carbons (Fsp3) is 0.0667. The molecule has 106 valence electrons. The lowest BCUT2D eigenvalue weighted by atomic mass is 10.1. The third kappa shape index (κ3) is 2.68. The minimum Gasteiger partial charge on any atom is -0.496 e. The molecule has 2 aromatic carbocycles. The van der Waals surface area contributed by atoms with Crippen LogP contribution in [0, 0.1) is 0 Å². The lowest BCUT2D eigenvalue weighted by molar-refractivity contribution is 0.405. The van der Waals surface area contributed by atoms with E-state index in [4.69, 9.17) is 26.6 Å². The highest BCUT2D eigenvalue weighted by Gasteiger charge is 2.15. The molecular weight excluding hydrogens is 290 g/mol. The van der Waals surface area contributed by atoms with Crippen LogP contribution in [0.2, 0.25) is 5.02 Å². The highest BCUT2D eigenvalue weighted by molar-refractivity contribution is 6.30. The van der Waals surface area contributed by atoms with Gasteiger partial charge < -0.3 is 15.0 Å². The topological polar surface area (TPSA) is 74.2 Å². The number of hydrogen-bond acceptors (Lipinski definition) is 5. The molecule has 0 aliphatic heterocycles. The van der Waals surface area contributed by atoms with Crippen molar-refractivity contribution in [2.75, 3.05) is 12.8 Å². The summed E-state index contributed by atoms with van der Waals surface area (Å²) in [6.45, 7) is 0. The van der Waals surface area contributed by atoms with Crippen LogP contribution in [-0.4, -0.2) is 17.3 Å². The van der Waals surface area contributed by atoms with Crippen molar-refractivity contribution >= 4 is 17.3 Å². The smallest absolute Gasteiger partial charge is 0.262 e. The molecule has 0 saturated carbocycles. The van der Waals surface area contributed by atoms with Gasteiger partial charge in [0.05, 0.1) is 12.7 Å². The maximum Gasteiger partial charge on any atom is 0.262 e. The number of aromatic nitrogens is 2. The molecule has 0 bridgehead atoms. The average Bonchev–Trinajstić information content (AvgIpc) is 2.96. The summed E-state index contributed by atoms with van der Waals surface area (Å²) in [4.78, 5) is 4.37. The molecule has 0 saturated heterocycles. The van der Waals surface area contributed by atoms with Crippen molar-refractivity contribution in [2.24, 2.45) is 0 Å². The summed E-state index contributed by atoms with van der Waals surface area (Å²) in [5, 5.41) is 4.58. The Labute approximate surface area is 126 Å². The molecule has 2 N–H and O–H groups in total. The van der Waals surface area contributed by atoms with Gasteiger partial charge in [-0.25, -0.2) is 0 Å². The molecule has 0 radical (unpaired) electrons. The molecule has 0 aliphatic rings. The molecule has 1 heterocycles. The van der Waals surface area contributed by atoms with Crippen molar-refractivity contribution < 1.29 is 9.26 Å². The second kappa shape index (κ2) is 5.46. The number of rotatable bonds is 3. The molecule has 0 spiro atoms. The SMILES string of the molecule is COc1cc(N)ccc1-c1nc(-c2cccc(Cl)c2)no1. The van der Waals surface area contributed by atoms with Gasteiger partial charge in [-0.15, -0.1) is 0 Å². The van der Waals surface area contributed by atoms with Crippen molar-refractivity contribution in [3.8, 4) is 28.6 Å². The van der Waals surface area contributed by atoms with Crippen LogP contribution >= 0.6 is 11.6 Å². The molecule has 5 nitrogen and oxygen atoms in total. The summed E-state index contributed by atoms with van der Waals surface area (Å²) in [6, 6.07) is 12.5. The van der Waals surface area contributed by atoms with Gasteiger partial charge in [0, 0.05) is 22.3 Å². The largest absolute Gasteiger partial charge is 0.496 e. The number of halogens is 1.